The number of carbonyl (C=O) groups excluding carboxylic acids is 1. The lowest BCUT2D eigenvalue weighted by Gasteiger charge is -2.10. The van der Waals surface area contributed by atoms with Crippen LogP contribution >= 0.6 is 31.9 Å². The molecule has 1 N–H and O–H groups in total. The average molecular weight is 359 g/mol. The Balaban J connectivity index is 1.95. The van der Waals surface area contributed by atoms with Gasteiger partial charge in [0, 0.05) is 15.4 Å². The van der Waals surface area contributed by atoms with Gasteiger partial charge in [0.2, 0.25) is 5.91 Å². The summed E-state index contributed by atoms with van der Waals surface area (Å²) < 4.78 is 1.88. The van der Waals surface area contributed by atoms with E-state index in [1.807, 2.05) is 18.2 Å². The Morgan fingerprint density at radius 1 is 1.41 bits per heavy atom. The van der Waals surface area contributed by atoms with Crippen LogP contribution in [0.3, 0.4) is 0 Å². The number of allylic oxidation sites excluding steroid dienone is 2. The third kappa shape index (κ3) is 3.68. The molecule has 1 amide bonds. The minimum Gasteiger partial charge on any atom is -0.325 e. The molecule has 0 saturated heterocycles. The smallest absolute Gasteiger partial charge is 0.224 e. The third-order valence-electron chi connectivity index (χ3n) is 2.77. The maximum atomic E-state index is 11.8. The molecule has 4 heteroatoms. The van der Waals surface area contributed by atoms with Gasteiger partial charge in [-0.15, -0.1) is 0 Å². The SMILES string of the molecule is O=C(CC1C=CCC1)Nc1ccc(Br)cc1Br. The van der Waals surface area contributed by atoms with Gasteiger partial charge in [-0.05, 0) is 52.9 Å². The summed E-state index contributed by atoms with van der Waals surface area (Å²) in [5.74, 6) is 0.480. The maximum Gasteiger partial charge on any atom is 0.224 e. The van der Waals surface area contributed by atoms with Crippen molar-refractivity contribution in [1.29, 1.82) is 0 Å². The van der Waals surface area contributed by atoms with Crippen molar-refractivity contribution in [3.63, 3.8) is 0 Å². The van der Waals surface area contributed by atoms with Crippen molar-refractivity contribution < 1.29 is 4.79 Å². The Labute approximate surface area is 118 Å². The van der Waals surface area contributed by atoms with Crippen molar-refractivity contribution in [2.45, 2.75) is 19.3 Å². The van der Waals surface area contributed by atoms with Crippen molar-refractivity contribution in [3.05, 3.63) is 39.3 Å². The second kappa shape index (κ2) is 5.83. The largest absolute Gasteiger partial charge is 0.325 e. The van der Waals surface area contributed by atoms with Crippen LogP contribution < -0.4 is 5.32 Å². The second-order valence-electron chi connectivity index (χ2n) is 4.14. The van der Waals surface area contributed by atoms with Crippen molar-refractivity contribution in [1.82, 2.24) is 0 Å². The molecular weight excluding hydrogens is 346 g/mol. The predicted octanol–water partition coefficient (Wildman–Crippen LogP) is 4.51. The van der Waals surface area contributed by atoms with Crippen LogP contribution in [0, 0.1) is 5.92 Å². The van der Waals surface area contributed by atoms with Crippen molar-refractivity contribution in [2.75, 3.05) is 5.32 Å². The number of rotatable bonds is 3. The third-order valence-corrected chi connectivity index (χ3v) is 3.91. The van der Waals surface area contributed by atoms with E-state index in [1.54, 1.807) is 0 Å². The lowest BCUT2D eigenvalue weighted by Crippen LogP contribution is -2.15. The fourth-order valence-corrected chi connectivity index (χ4v) is 3.04. The van der Waals surface area contributed by atoms with Crippen molar-refractivity contribution in [2.24, 2.45) is 5.92 Å². The van der Waals surface area contributed by atoms with Crippen LogP contribution in [0.4, 0.5) is 5.69 Å². The number of hydrogen-bond donors (Lipinski definition) is 1. The summed E-state index contributed by atoms with van der Waals surface area (Å²) >= 11 is 6.81. The fourth-order valence-electron chi connectivity index (χ4n) is 1.90. The number of hydrogen-bond acceptors (Lipinski definition) is 1. The highest BCUT2D eigenvalue weighted by molar-refractivity contribution is 9.11. The van der Waals surface area contributed by atoms with E-state index in [1.165, 1.54) is 0 Å². The molecule has 2 nitrogen and oxygen atoms in total. The Kier molecular flexibility index (Phi) is 4.40. The number of halogens is 2. The standard InChI is InChI=1S/C13H13Br2NO/c14-10-5-6-12(11(15)8-10)16-13(17)7-9-3-1-2-4-9/h1,3,5-6,8-9H,2,4,7H2,(H,16,17). The molecule has 90 valence electrons. The Hall–Kier alpha value is -0.610. The fraction of sp³-hybridized carbons (Fsp3) is 0.308. The molecule has 1 aromatic rings. The number of amides is 1. The second-order valence-corrected chi connectivity index (χ2v) is 5.91. The van der Waals surface area contributed by atoms with Crippen molar-refractivity contribution >= 4 is 43.5 Å². The highest BCUT2D eigenvalue weighted by Crippen LogP contribution is 2.27. The molecule has 1 aliphatic rings. The first-order chi connectivity index (χ1) is 8.15. The molecule has 1 aliphatic carbocycles. The molecule has 2 rings (SSSR count). The van der Waals surface area contributed by atoms with Gasteiger partial charge in [-0.3, -0.25) is 4.79 Å². The highest BCUT2D eigenvalue weighted by atomic mass is 79.9. The van der Waals surface area contributed by atoms with Crippen LogP contribution in [0.5, 0.6) is 0 Å². The molecule has 0 bridgehead atoms. The Morgan fingerprint density at radius 3 is 2.88 bits per heavy atom. The number of benzene rings is 1. The van der Waals surface area contributed by atoms with Crippen molar-refractivity contribution in [3.8, 4) is 0 Å². The highest BCUT2D eigenvalue weighted by Gasteiger charge is 2.14. The summed E-state index contributed by atoms with van der Waals surface area (Å²) in [5.41, 5.74) is 0.820. The van der Waals surface area contributed by atoms with Crippen LogP contribution in [0.25, 0.3) is 0 Å². The van der Waals surface area contributed by atoms with Gasteiger partial charge in [0.1, 0.15) is 0 Å². The lowest BCUT2D eigenvalue weighted by molar-refractivity contribution is -0.116. The van der Waals surface area contributed by atoms with E-state index < -0.39 is 0 Å². The quantitative estimate of drug-likeness (QED) is 0.791. The first-order valence-electron chi connectivity index (χ1n) is 5.57. The van der Waals surface area contributed by atoms with E-state index >= 15 is 0 Å². The molecular formula is C13H13Br2NO. The monoisotopic (exact) mass is 357 g/mol. The molecule has 0 aliphatic heterocycles. The van der Waals surface area contributed by atoms with E-state index in [9.17, 15) is 4.79 Å². The minimum atomic E-state index is 0.0737. The van der Waals surface area contributed by atoms with E-state index in [-0.39, 0.29) is 5.91 Å². The van der Waals surface area contributed by atoms with Gasteiger partial charge in [0.25, 0.3) is 0 Å². The molecule has 0 spiro atoms. The molecule has 0 saturated carbocycles. The van der Waals surface area contributed by atoms with Gasteiger partial charge < -0.3 is 5.32 Å². The summed E-state index contributed by atoms with van der Waals surface area (Å²) in [6, 6.07) is 5.72. The summed E-state index contributed by atoms with van der Waals surface area (Å²) in [7, 11) is 0. The summed E-state index contributed by atoms with van der Waals surface area (Å²) in [5, 5.41) is 2.92. The molecule has 0 aromatic heterocycles. The first-order valence-corrected chi connectivity index (χ1v) is 7.15. The summed E-state index contributed by atoms with van der Waals surface area (Å²) in [6.45, 7) is 0. The number of carbonyl (C=O) groups is 1. The van der Waals surface area contributed by atoms with Gasteiger partial charge in [-0.1, -0.05) is 28.1 Å². The lowest BCUT2D eigenvalue weighted by atomic mass is 10.1. The zero-order valence-corrected chi connectivity index (χ0v) is 12.4. The molecule has 1 aromatic carbocycles. The summed E-state index contributed by atoms with van der Waals surface area (Å²) in [4.78, 5) is 11.8. The van der Waals surface area contributed by atoms with Gasteiger partial charge in [-0.25, -0.2) is 0 Å². The van der Waals surface area contributed by atoms with Crippen LogP contribution in [0.1, 0.15) is 19.3 Å². The van der Waals surface area contributed by atoms with Crippen LogP contribution in [0.2, 0.25) is 0 Å². The zero-order valence-electron chi connectivity index (χ0n) is 9.25. The number of nitrogens with one attached hydrogen (secondary N) is 1. The Morgan fingerprint density at radius 2 is 2.24 bits per heavy atom. The van der Waals surface area contributed by atoms with E-state index in [0.29, 0.717) is 12.3 Å². The first kappa shape index (κ1) is 12.8. The van der Waals surface area contributed by atoms with Crippen LogP contribution in [-0.4, -0.2) is 5.91 Å². The van der Waals surface area contributed by atoms with E-state index in [2.05, 4.69) is 49.3 Å². The normalized spacial score (nSPS) is 18.4. The summed E-state index contributed by atoms with van der Waals surface area (Å²) in [6.07, 6.45) is 7.04. The molecule has 17 heavy (non-hydrogen) atoms. The molecule has 0 radical (unpaired) electrons. The van der Waals surface area contributed by atoms with Gasteiger partial charge in [0.15, 0.2) is 0 Å². The number of anilines is 1. The van der Waals surface area contributed by atoms with E-state index in [0.717, 1.165) is 27.5 Å². The predicted molar refractivity (Wildman–Crippen MR) is 77.0 cm³/mol. The minimum absolute atomic E-state index is 0.0737. The molecule has 1 atom stereocenters. The van der Waals surface area contributed by atoms with E-state index in [4.69, 9.17) is 0 Å². The molecule has 0 fully saturated rings. The van der Waals surface area contributed by atoms with Gasteiger partial charge >= 0.3 is 0 Å². The molecule has 0 heterocycles. The van der Waals surface area contributed by atoms with Gasteiger partial charge in [-0.2, -0.15) is 0 Å². The molecule has 1 unspecified atom stereocenters. The zero-order chi connectivity index (χ0) is 12.3. The topological polar surface area (TPSA) is 29.1 Å². The van der Waals surface area contributed by atoms with Gasteiger partial charge in [0.05, 0.1) is 5.69 Å². The van der Waals surface area contributed by atoms with Crippen LogP contribution in [0.15, 0.2) is 39.3 Å². The average Bonchev–Trinajstić information content (AvgIpc) is 2.75. The Bertz CT molecular complexity index is 457. The maximum absolute atomic E-state index is 11.8. The van der Waals surface area contributed by atoms with Crippen LogP contribution in [-0.2, 0) is 4.79 Å².